The summed E-state index contributed by atoms with van der Waals surface area (Å²) >= 11 is 0.947. The van der Waals surface area contributed by atoms with Gasteiger partial charge in [0.2, 0.25) is 0 Å². The average molecular weight is 237 g/mol. The third-order valence-electron chi connectivity index (χ3n) is 2.16. The highest BCUT2D eigenvalue weighted by Gasteiger charge is 2.36. The predicted molar refractivity (Wildman–Crippen MR) is 61.7 cm³/mol. The van der Waals surface area contributed by atoms with E-state index in [0.717, 1.165) is 11.8 Å². The van der Waals surface area contributed by atoms with E-state index in [-0.39, 0.29) is 17.2 Å². The second-order valence-corrected chi connectivity index (χ2v) is 4.65. The Hall–Kier alpha value is -1.49. The fraction of sp³-hybridized carbons (Fsp3) is 0.273. The van der Waals surface area contributed by atoms with Gasteiger partial charge in [0, 0.05) is 12.1 Å². The molecule has 16 heavy (non-hydrogen) atoms. The van der Waals surface area contributed by atoms with Crippen LogP contribution in [0.5, 0.6) is 0 Å². The van der Waals surface area contributed by atoms with Crippen LogP contribution >= 0.6 is 11.8 Å². The van der Waals surface area contributed by atoms with Crippen molar-refractivity contribution in [3.63, 3.8) is 0 Å². The van der Waals surface area contributed by atoms with Crippen LogP contribution in [-0.4, -0.2) is 22.1 Å². The van der Waals surface area contributed by atoms with E-state index in [4.69, 9.17) is 4.42 Å². The molecular formula is C11H11NO3S. The van der Waals surface area contributed by atoms with Gasteiger partial charge in [-0.15, -0.1) is 0 Å². The first-order valence-electron chi connectivity index (χ1n) is 4.90. The van der Waals surface area contributed by atoms with Gasteiger partial charge >= 0.3 is 0 Å². The molecule has 5 heteroatoms. The minimum absolute atomic E-state index is 0.116. The first-order valence-corrected chi connectivity index (χ1v) is 5.72. The largest absolute Gasteiger partial charge is 0.465 e. The molecule has 0 spiro atoms. The van der Waals surface area contributed by atoms with Crippen molar-refractivity contribution in [1.29, 1.82) is 0 Å². The van der Waals surface area contributed by atoms with E-state index in [9.17, 15) is 9.59 Å². The van der Waals surface area contributed by atoms with Crippen molar-refractivity contribution < 1.29 is 14.0 Å². The van der Waals surface area contributed by atoms with Crippen molar-refractivity contribution >= 4 is 29.0 Å². The van der Waals surface area contributed by atoms with Crippen molar-refractivity contribution in [3.05, 3.63) is 29.1 Å². The summed E-state index contributed by atoms with van der Waals surface area (Å²) in [5, 5.41) is -0.224. The topological polar surface area (TPSA) is 50.5 Å². The summed E-state index contributed by atoms with van der Waals surface area (Å²) in [7, 11) is 0. The zero-order valence-electron chi connectivity index (χ0n) is 8.97. The first kappa shape index (κ1) is 11.0. The normalized spacial score (nSPS) is 19.2. The standard InChI is InChI=1S/C11H11NO3S/c1-7(2)12-10(13)9(16-11(12)14)6-8-4-3-5-15-8/h3-7H,1-2H3/b9-6+. The maximum Gasteiger partial charge on any atom is 0.293 e. The van der Waals surface area contributed by atoms with Gasteiger partial charge in [0.1, 0.15) is 5.76 Å². The molecule has 2 amide bonds. The summed E-state index contributed by atoms with van der Waals surface area (Å²) in [6.45, 7) is 3.62. The quantitative estimate of drug-likeness (QED) is 0.742. The van der Waals surface area contributed by atoms with Crippen molar-refractivity contribution in [1.82, 2.24) is 4.90 Å². The van der Waals surface area contributed by atoms with Crippen LogP contribution in [0.25, 0.3) is 6.08 Å². The van der Waals surface area contributed by atoms with Crippen LogP contribution in [0, 0.1) is 0 Å². The van der Waals surface area contributed by atoms with Crippen molar-refractivity contribution in [2.24, 2.45) is 0 Å². The van der Waals surface area contributed by atoms with Gasteiger partial charge in [0.25, 0.3) is 11.1 Å². The molecule has 2 rings (SSSR count). The van der Waals surface area contributed by atoms with Gasteiger partial charge in [-0.05, 0) is 37.7 Å². The van der Waals surface area contributed by atoms with Gasteiger partial charge in [0.15, 0.2) is 0 Å². The maximum atomic E-state index is 11.9. The Balaban J connectivity index is 2.27. The lowest BCUT2D eigenvalue weighted by Gasteiger charge is -2.16. The molecule has 1 aromatic heterocycles. The molecule has 0 aromatic carbocycles. The highest BCUT2D eigenvalue weighted by atomic mass is 32.2. The lowest BCUT2D eigenvalue weighted by Crippen LogP contribution is -2.34. The highest BCUT2D eigenvalue weighted by molar-refractivity contribution is 8.18. The number of rotatable bonds is 2. The van der Waals surface area contributed by atoms with Crippen LogP contribution in [0.15, 0.2) is 27.7 Å². The van der Waals surface area contributed by atoms with Crippen LogP contribution in [-0.2, 0) is 4.79 Å². The van der Waals surface area contributed by atoms with E-state index >= 15 is 0 Å². The molecule has 1 saturated heterocycles. The molecule has 0 saturated carbocycles. The molecule has 1 aliphatic heterocycles. The third-order valence-corrected chi connectivity index (χ3v) is 3.04. The zero-order valence-corrected chi connectivity index (χ0v) is 9.78. The van der Waals surface area contributed by atoms with Crippen molar-refractivity contribution in [2.75, 3.05) is 0 Å². The highest BCUT2D eigenvalue weighted by Crippen LogP contribution is 2.33. The summed E-state index contributed by atoms with van der Waals surface area (Å²) in [6.07, 6.45) is 3.12. The molecule has 4 nitrogen and oxygen atoms in total. The number of carbonyl (C=O) groups excluding carboxylic acids is 2. The predicted octanol–water partition coefficient (Wildman–Crippen LogP) is 2.72. The fourth-order valence-corrected chi connectivity index (χ4v) is 2.37. The molecule has 0 bridgehead atoms. The summed E-state index contributed by atoms with van der Waals surface area (Å²) in [5.74, 6) is 0.329. The summed E-state index contributed by atoms with van der Waals surface area (Å²) in [4.78, 5) is 25.1. The van der Waals surface area contributed by atoms with Crippen LogP contribution < -0.4 is 0 Å². The average Bonchev–Trinajstić information content (AvgIpc) is 2.76. The number of hydrogen-bond acceptors (Lipinski definition) is 4. The number of nitrogens with zero attached hydrogens (tertiary/aromatic N) is 1. The summed E-state index contributed by atoms with van der Waals surface area (Å²) in [6, 6.07) is 3.36. The minimum atomic E-state index is -0.249. The van der Waals surface area contributed by atoms with E-state index in [2.05, 4.69) is 0 Å². The molecule has 2 heterocycles. The van der Waals surface area contributed by atoms with Gasteiger partial charge in [0.05, 0.1) is 11.2 Å². The van der Waals surface area contributed by atoms with Crippen molar-refractivity contribution in [3.8, 4) is 0 Å². The van der Waals surface area contributed by atoms with E-state index in [0.29, 0.717) is 10.7 Å². The second kappa shape index (κ2) is 4.17. The molecule has 1 aliphatic rings. The van der Waals surface area contributed by atoms with Crippen molar-refractivity contribution in [2.45, 2.75) is 19.9 Å². The summed E-state index contributed by atoms with van der Waals surface area (Å²) < 4.78 is 5.10. The Morgan fingerprint density at radius 1 is 1.44 bits per heavy atom. The van der Waals surface area contributed by atoms with Gasteiger partial charge in [-0.2, -0.15) is 0 Å². The molecular weight excluding hydrogens is 226 g/mol. The molecule has 0 atom stereocenters. The number of carbonyl (C=O) groups is 2. The Labute approximate surface area is 97.3 Å². The molecule has 0 unspecified atom stereocenters. The second-order valence-electron chi connectivity index (χ2n) is 3.66. The number of amides is 2. The van der Waals surface area contributed by atoms with Gasteiger partial charge in [-0.25, -0.2) is 0 Å². The lowest BCUT2D eigenvalue weighted by atomic mass is 10.3. The molecule has 84 valence electrons. The van der Waals surface area contributed by atoms with E-state index < -0.39 is 0 Å². The maximum absolute atomic E-state index is 11.9. The van der Waals surface area contributed by atoms with E-state index in [1.54, 1.807) is 18.2 Å². The van der Waals surface area contributed by atoms with E-state index in [1.807, 2.05) is 13.8 Å². The molecule has 1 fully saturated rings. The molecule has 1 aromatic rings. The fourth-order valence-electron chi connectivity index (χ4n) is 1.43. The monoisotopic (exact) mass is 237 g/mol. The molecule has 0 aliphatic carbocycles. The van der Waals surface area contributed by atoms with Crippen LogP contribution in [0.3, 0.4) is 0 Å². The van der Waals surface area contributed by atoms with E-state index in [1.165, 1.54) is 11.2 Å². The van der Waals surface area contributed by atoms with Crippen LogP contribution in [0.4, 0.5) is 4.79 Å². The molecule has 0 radical (unpaired) electrons. The first-order chi connectivity index (χ1) is 7.59. The number of thioether (sulfide) groups is 1. The number of hydrogen-bond donors (Lipinski definition) is 0. The third kappa shape index (κ3) is 1.90. The van der Waals surface area contributed by atoms with Crippen LogP contribution in [0.1, 0.15) is 19.6 Å². The Kier molecular flexibility index (Phi) is 2.87. The Morgan fingerprint density at radius 3 is 2.69 bits per heavy atom. The van der Waals surface area contributed by atoms with Gasteiger partial charge in [-0.1, -0.05) is 0 Å². The molecule has 0 N–H and O–H groups in total. The van der Waals surface area contributed by atoms with Crippen LogP contribution in [0.2, 0.25) is 0 Å². The minimum Gasteiger partial charge on any atom is -0.465 e. The Morgan fingerprint density at radius 2 is 2.19 bits per heavy atom. The number of imide groups is 1. The SMILES string of the molecule is CC(C)N1C(=O)S/C(=C/c2ccco2)C1=O. The summed E-state index contributed by atoms with van der Waals surface area (Å²) in [5.41, 5.74) is 0. The Bertz CT molecular complexity index is 448. The lowest BCUT2D eigenvalue weighted by molar-refractivity contribution is -0.123. The number of furan rings is 1. The van der Waals surface area contributed by atoms with Gasteiger partial charge < -0.3 is 4.42 Å². The van der Waals surface area contributed by atoms with Gasteiger partial charge in [-0.3, -0.25) is 14.5 Å². The smallest absolute Gasteiger partial charge is 0.293 e. The zero-order chi connectivity index (χ0) is 11.7.